The smallest absolute Gasteiger partial charge is 0.0909 e. The van der Waals surface area contributed by atoms with Gasteiger partial charge in [-0.15, -0.1) is 12.4 Å². The first-order chi connectivity index (χ1) is 10.7. The van der Waals surface area contributed by atoms with E-state index in [1.165, 1.54) is 11.3 Å². The number of nitrogens with zero attached hydrogens (tertiary/aromatic N) is 1. The largest absolute Gasteiger partial charge is 0.389 e. The molecule has 2 N–H and O–H groups in total. The minimum atomic E-state index is -0.531. The Morgan fingerprint density at radius 2 is 1.87 bits per heavy atom. The highest BCUT2D eigenvalue weighted by Gasteiger charge is 2.32. The molecular formula is C18H22Cl2N2O. The quantitative estimate of drug-likeness (QED) is 0.864. The summed E-state index contributed by atoms with van der Waals surface area (Å²) in [6.45, 7) is 1.42. The number of aliphatic hydroxyl groups is 1. The van der Waals surface area contributed by atoms with Crippen LogP contribution >= 0.6 is 24.0 Å². The molecule has 0 fully saturated rings. The van der Waals surface area contributed by atoms with Crippen LogP contribution in [0, 0.1) is 0 Å². The second-order valence-corrected chi connectivity index (χ2v) is 6.07. The minimum Gasteiger partial charge on any atom is -0.389 e. The summed E-state index contributed by atoms with van der Waals surface area (Å²) in [5.41, 5.74) is 3.50. The van der Waals surface area contributed by atoms with E-state index in [0.717, 1.165) is 18.5 Å². The highest BCUT2D eigenvalue weighted by molar-refractivity contribution is 6.31. The first-order valence-electron chi connectivity index (χ1n) is 7.64. The van der Waals surface area contributed by atoms with Gasteiger partial charge in [0.25, 0.3) is 0 Å². The van der Waals surface area contributed by atoms with Crippen LogP contribution in [0.1, 0.15) is 17.2 Å². The van der Waals surface area contributed by atoms with Crippen molar-refractivity contribution in [1.29, 1.82) is 0 Å². The molecule has 3 nitrogen and oxygen atoms in total. The summed E-state index contributed by atoms with van der Waals surface area (Å²) in [5, 5.41) is 14.5. The Balaban J connectivity index is 0.00000192. The average molecular weight is 353 g/mol. The van der Waals surface area contributed by atoms with Gasteiger partial charge in [0.1, 0.15) is 0 Å². The van der Waals surface area contributed by atoms with Crippen LogP contribution in [0.4, 0.5) is 5.69 Å². The summed E-state index contributed by atoms with van der Waals surface area (Å²) in [7, 11) is 1.85. The maximum atomic E-state index is 10.7. The zero-order valence-corrected chi connectivity index (χ0v) is 14.6. The Morgan fingerprint density at radius 3 is 2.61 bits per heavy atom. The second-order valence-electron chi connectivity index (χ2n) is 5.66. The van der Waals surface area contributed by atoms with Gasteiger partial charge >= 0.3 is 0 Å². The summed E-state index contributed by atoms with van der Waals surface area (Å²) >= 11 is 6.41. The number of halogens is 2. The minimum absolute atomic E-state index is 0. The van der Waals surface area contributed by atoms with Gasteiger partial charge in [0.15, 0.2) is 0 Å². The Bertz CT molecular complexity index is 650. The van der Waals surface area contributed by atoms with Gasteiger partial charge in [-0.1, -0.05) is 48.0 Å². The van der Waals surface area contributed by atoms with Gasteiger partial charge < -0.3 is 15.3 Å². The lowest BCUT2D eigenvalue weighted by Gasteiger charge is -2.35. The van der Waals surface area contributed by atoms with Gasteiger partial charge in [-0.25, -0.2) is 0 Å². The Hall–Kier alpha value is -1.26. The normalized spacial score (nSPS) is 15.7. The molecule has 2 aromatic carbocycles. The molecule has 0 amide bonds. The maximum Gasteiger partial charge on any atom is 0.0909 e. The molecule has 0 aromatic heterocycles. The predicted molar refractivity (Wildman–Crippen MR) is 98.9 cm³/mol. The fourth-order valence-electron chi connectivity index (χ4n) is 3.27. The standard InChI is InChI=1S/C18H21ClN2O.ClH/c1-20-12-17(22)18(14-7-3-4-8-15(14)19)21-11-10-13-6-2-5-9-16(13)21;/h2-9,17-18,20,22H,10-12H2,1H3;1H/t17?,18-;/m0./s1. The van der Waals surface area contributed by atoms with E-state index in [0.29, 0.717) is 11.6 Å². The van der Waals surface area contributed by atoms with Crippen molar-refractivity contribution in [3.8, 4) is 0 Å². The first kappa shape index (κ1) is 18.1. The van der Waals surface area contributed by atoms with Gasteiger partial charge in [-0.05, 0) is 36.7 Å². The SMILES string of the molecule is CNCC(O)[C@H](c1ccccc1Cl)N1CCc2ccccc21.Cl. The molecular weight excluding hydrogens is 331 g/mol. The first-order valence-corrected chi connectivity index (χ1v) is 8.02. The fraction of sp³-hybridized carbons (Fsp3) is 0.333. The third-order valence-corrected chi connectivity index (χ3v) is 4.60. The number of nitrogens with one attached hydrogen (secondary N) is 1. The Kier molecular flexibility index (Phi) is 6.31. The number of benzene rings is 2. The molecule has 23 heavy (non-hydrogen) atoms. The van der Waals surface area contributed by atoms with Gasteiger partial charge in [0.05, 0.1) is 12.1 Å². The summed E-state index contributed by atoms with van der Waals surface area (Å²) in [6, 6.07) is 16.0. The number of hydrogen-bond donors (Lipinski definition) is 2. The molecule has 0 saturated carbocycles. The number of aliphatic hydroxyl groups excluding tert-OH is 1. The van der Waals surface area contributed by atoms with E-state index in [4.69, 9.17) is 11.6 Å². The maximum absolute atomic E-state index is 10.7. The van der Waals surface area contributed by atoms with E-state index >= 15 is 0 Å². The van der Waals surface area contributed by atoms with Gasteiger partial charge in [-0.3, -0.25) is 0 Å². The van der Waals surface area contributed by atoms with E-state index < -0.39 is 6.10 Å². The summed E-state index contributed by atoms with van der Waals surface area (Å²) in [4.78, 5) is 2.28. The molecule has 0 saturated heterocycles. The predicted octanol–water partition coefficient (Wildman–Crippen LogP) is 3.45. The highest BCUT2D eigenvalue weighted by atomic mass is 35.5. The summed E-state index contributed by atoms with van der Waals surface area (Å²) in [6.07, 6.45) is 0.472. The van der Waals surface area contributed by atoms with Crippen LogP contribution in [0.3, 0.4) is 0 Å². The zero-order valence-electron chi connectivity index (χ0n) is 13.1. The molecule has 2 aromatic rings. The van der Waals surface area contributed by atoms with Crippen molar-refractivity contribution >= 4 is 29.7 Å². The lowest BCUT2D eigenvalue weighted by Crippen LogP contribution is -2.40. The van der Waals surface area contributed by atoms with E-state index in [1.807, 2.05) is 37.4 Å². The van der Waals surface area contributed by atoms with Crippen LogP contribution in [0.2, 0.25) is 5.02 Å². The monoisotopic (exact) mass is 352 g/mol. The van der Waals surface area contributed by atoms with Crippen molar-refractivity contribution < 1.29 is 5.11 Å². The molecule has 0 spiro atoms. The summed E-state index contributed by atoms with van der Waals surface area (Å²) in [5.74, 6) is 0. The van der Waals surface area contributed by atoms with Crippen molar-refractivity contribution in [3.05, 3.63) is 64.7 Å². The number of fused-ring (bicyclic) bond motifs is 1. The van der Waals surface area contributed by atoms with Crippen LogP contribution in [0.5, 0.6) is 0 Å². The molecule has 3 rings (SSSR count). The van der Waals surface area contributed by atoms with Gasteiger partial charge in [0.2, 0.25) is 0 Å². The van der Waals surface area contributed by atoms with Crippen LogP contribution in [0.25, 0.3) is 0 Å². The molecule has 2 atom stereocenters. The molecule has 0 aliphatic carbocycles. The van der Waals surface area contributed by atoms with Crippen LogP contribution in [-0.2, 0) is 6.42 Å². The van der Waals surface area contributed by atoms with Gasteiger partial charge in [0, 0.05) is 23.8 Å². The van der Waals surface area contributed by atoms with Gasteiger partial charge in [-0.2, -0.15) is 0 Å². The highest BCUT2D eigenvalue weighted by Crippen LogP contribution is 2.38. The molecule has 1 aliphatic heterocycles. The fourth-order valence-corrected chi connectivity index (χ4v) is 3.52. The van der Waals surface area contributed by atoms with Crippen molar-refractivity contribution in [2.24, 2.45) is 0 Å². The molecule has 0 bridgehead atoms. The molecule has 124 valence electrons. The Morgan fingerprint density at radius 1 is 1.17 bits per heavy atom. The number of hydrogen-bond acceptors (Lipinski definition) is 3. The summed E-state index contributed by atoms with van der Waals surface area (Å²) < 4.78 is 0. The molecule has 5 heteroatoms. The topological polar surface area (TPSA) is 35.5 Å². The number of anilines is 1. The lowest BCUT2D eigenvalue weighted by molar-refractivity contribution is 0.141. The van der Waals surface area contributed by atoms with E-state index in [-0.39, 0.29) is 18.4 Å². The van der Waals surface area contributed by atoms with Crippen molar-refractivity contribution in [2.45, 2.75) is 18.6 Å². The molecule has 0 radical (unpaired) electrons. The number of rotatable bonds is 5. The van der Waals surface area contributed by atoms with E-state index in [2.05, 4.69) is 28.4 Å². The number of likely N-dealkylation sites (N-methyl/N-ethyl adjacent to an activating group) is 1. The van der Waals surface area contributed by atoms with Crippen LogP contribution < -0.4 is 10.2 Å². The number of para-hydroxylation sites is 1. The van der Waals surface area contributed by atoms with Crippen LogP contribution in [-0.4, -0.2) is 31.3 Å². The van der Waals surface area contributed by atoms with E-state index in [9.17, 15) is 5.11 Å². The molecule has 1 heterocycles. The Labute approximate surface area is 148 Å². The average Bonchev–Trinajstić information content (AvgIpc) is 2.94. The molecule has 1 aliphatic rings. The third kappa shape index (κ3) is 3.64. The van der Waals surface area contributed by atoms with Crippen molar-refractivity contribution in [1.82, 2.24) is 5.32 Å². The van der Waals surface area contributed by atoms with Crippen molar-refractivity contribution in [2.75, 3.05) is 25.0 Å². The lowest BCUT2D eigenvalue weighted by atomic mass is 9.99. The van der Waals surface area contributed by atoms with Crippen LogP contribution in [0.15, 0.2) is 48.5 Å². The third-order valence-electron chi connectivity index (χ3n) is 4.26. The zero-order chi connectivity index (χ0) is 15.5. The van der Waals surface area contributed by atoms with E-state index in [1.54, 1.807) is 0 Å². The second kappa shape index (κ2) is 8.02. The molecule has 1 unspecified atom stereocenters. The van der Waals surface area contributed by atoms with Crippen molar-refractivity contribution in [3.63, 3.8) is 0 Å².